The first-order valence-corrected chi connectivity index (χ1v) is 10.3. The minimum absolute atomic E-state index is 0.177. The van der Waals surface area contributed by atoms with Gasteiger partial charge in [-0.1, -0.05) is 17.2 Å². The van der Waals surface area contributed by atoms with Crippen LogP contribution in [0.15, 0.2) is 29.2 Å². The maximum Gasteiger partial charge on any atom is 0.293 e. The van der Waals surface area contributed by atoms with E-state index in [2.05, 4.69) is 37.5 Å². The predicted octanol–water partition coefficient (Wildman–Crippen LogP) is 0.356. The molecule has 4 aromatic rings. The number of hydrogen-bond donors (Lipinski definition) is 1. The first-order chi connectivity index (χ1) is 15.2. The van der Waals surface area contributed by atoms with Crippen molar-refractivity contribution in [3.8, 4) is 11.8 Å². The van der Waals surface area contributed by atoms with Gasteiger partial charge in [0.25, 0.3) is 5.56 Å². The lowest BCUT2D eigenvalue weighted by molar-refractivity contribution is 0.572. The standard InChI is InChI=1S/C21H23N9O/c1-3-4-9-29-19-17(24-21(29)28-10-7-22-8-11-28)13-23-30(20(19)31)14-15-5-6-18-16(12-15)25-26-27(18)2/h5-6,12-13,22H,7-11,14H2,1-2H3. The number of nitrogens with zero attached hydrogens (tertiary/aromatic N) is 8. The van der Waals surface area contributed by atoms with Crippen LogP contribution >= 0.6 is 0 Å². The Labute approximate surface area is 178 Å². The molecule has 158 valence electrons. The van der Waals surface area contributed by atoms with Crippen LogP contribution in [0.5, 0.6) is 0 Å². The van der Waals surface area contributed by atoms with Crippen LogP contribution in [0, 0.1) is 11.8 Å². The summed E-state index contributed by atoms with van der Waals surface area (Å²) in [6.07, 6.45) is 1.67. The summed E-state index contributed by atoms with van der Waals surface area (Å²) in [4.78, 5) is 20.3. The number of fused-ring (bicyclic) bond motifs is 2. The van der Waals surface area contributed by atoms with Gasteiger partial charge in [0, 0.05) is 33.2 Å². The fourth-order valence-corrected chi connectivity index (χ4v) is 3.96. The first kappa shape index (κ1) is 19.3. The molecular weight excluding hydrogens is 394 g/mol. The lowest BCUT2D eigenvalue weighted by Gasteiger charge is -2.28. The lowest BCUT2D eigenvalue weighted by Crippen LogP contribution is -2.44. The summed E-state index contributed by atoms with van der Waals surface area (Å²) in [5, 5.41) is 15.9. The molecular formula is C21H23N9O. The second-order valence-electron chi connectivity index (χ2n) is 7.54. The zero-order chi connectivity index (χ0) is 21.4. The van der Waals surface area contributed by atoms with Gasteiger partial charge in [-0.25, -0.2) is 14.3 Å². The van der Waals surface area contributed by atoms with Gasteiger partial charge in [0.05, 0.1) is 24.8 Å². The molecule has 1 saturated heterocycles. The quantitative estimate of drug-likeness (QED) is 0.479. The molecule has 0 radical (unpaired) electrons. The molecule has 0 amide bonds. The van der Waals surface area contributed by atoms with E-state index in [1.807, 2.05) is 29.8 Å². The zero-order valence-corrected chi connectivity index (χ0v) is 17.5. The molecule has 31 heavy (non-hydrogen) atoms. The van der Waals surface area contributed by atoms with E-state index in [9.17, 15) is 4.79 Å². The van der Waals surface area contributed by atoms with Crippen molar-refractivity contribution in [1.82, 2.24) is 39.6 Å². The van der Waals surface area contributed by atoms with Crippen molar-refractivity contribution in [2.45, 2.75) is 20.0 Å². The van der Waals surface area contributed by atoms with Crippen LogP contribution in [0.3, 0.4) is 0 Å². The van der Waals surface area contributed by atoms with Gasteiger partial charge in [-0.2, -0.15) is 5.10 Å². The number of aryl methyl sites for hydroxylation is 1. The van der Waals surface area contributed by atoms with Gasteiger partial charge in [0.1, 0.15) is 16.6 Å². The largest absolute Gasteiger partial charge is 0.340 e. The molecule has 1 aliphatic heterocycles. The number of nitrogens with one attached hydrogen (secondary N) is 1. The number of anilines is 1. The number of piperazine rings is 1. The molecule has 4 heterocycles. The molecule has 1 aromatic carbocycles. The van der Waals surface area contributed by atoms with Crippen LogP contribution in [0.4, 0.5) is 5.95 Å². The fourth-order valence-electron chi connectivity index (χ4n) is 3.96. The Balaban J connectivity index is 1.58. The van der Waals surface area contributed by atoms with E-state index in [0.717, 1.165) is 48.7 Å². The Morgan fingerprint density at radius 2 is 2.03 bits per heavy atom. The van der Waals surface area contributed by atoms with Crippen LogP contribution in [-0.2, 0) is 20.1 Å². The van der Waals surface area contributed by atoms with Gasteiger partial charge in [-0.05, 0) is 24.6 Å². The summed E-state index contributed by atoms with van der Waals surface area (Å²) in [7, 11) is 1.85. The summed E-state index contributed by atoms with van der Waals surface area (Å²) < 4.78 is 5.11. The molecule has 0 spiro atoms. The summed E-state index contributed by atoms with van der Waals surface area (Å²) in [6, 6.07) is 5.86. The summed E-state index contributed by atoms with van der Waals surface area (Å²) in [5.74, 6) is 6.79. The number of benzene rings is 1. The number of hydrogen-bond acceptors (Lipinski definition) is 7. The van der Waals surface area contributed by atoms with Gasteiger partial charge < -0.3 is 10.2 Å². The number of rotatable bonds is 4. The molecule has 1 N–H and O–H groups in total. The van der Waals surface area contributed by atoms with Crippen LogP contribution in [0.25, 0.3) is 22.1 Å². The van der Waals surface area contributed by atoms with Gasteiger partial charge >= 0.3 is 0 Å². The molecule has 0 unspecified atom stereocenters. The highest BCUT2D eigenvalue weighted by atomic mass is 16.1. The molecule has 5 rings (SSSR count). The third kappa shape index (κ3) is 3.43. The SMILES string of the molecule is CC#CCn1c(N2CCNCC2)nc2cnn(Cc3ccc4c(c3)nnn4C)c(=O)c21. The molecule has 0 bridgehead atoms. The van der Waals surface area contributed by atoms with Crippen LogP contribution in [0.2, 0.25) is 0 Å². The topological polar surface area (TPSA) is 98.7 Å². The van der Waals surface area contributed by atoms with Gasteiger partial charge in [-0.3, -0.25) is 9.36 Å². The Bertz CT molecular complexity index is 1380. The van der Waals surface area contributed by atoms with Crippen molar-refractivity contribution in [1.29, 1.82) is 0 Å². The monoisotopic (exact) mass is 417 g/mol. The van der Waals surface area contributed by atoms with E-state index in [-0.39, 0.29) is 5.56 Å². The minimum atomic E-state index is -0.177. The highest BCUT2D eigenvalue weighted by Gasteiger charge is 2.21. The van der Waals surface area contributed by atoms with Crippen molar-refractivity contribution >= 4 is 28.0 Å². The van der Waals surface area contributed by atoms with Crippen molar-refractivity contribution in [3.05, 3.63) is 40.3 Å². The number of aromatic nitrogens is 7. The molecule has 0 atom stereocenters. The second-order valence-corrected chi connectivity index (χ2v) is 7.54. The third-order valence-electron chi connectivity index (χ3n) is 5.55. The zero-order valence-electron chi connectivity index (χ0n) is 17.5. The van der Waals surface area contributed by atoms with Gasteiger partial charge in [0.15, 0.2) is 0 Å². The Morgan fingerprint density at radius 1 is 1.19 bits per heavy atom. The summed E-state index contributed by atoms with van der Waals surface area (Å²) in [6.45, 7) is 6.00. The number of imidazole rings is 1. The highest BCUT2D eigenvalue weighted by Crippen LogP contribution is 2.20. The highest BCUT2D eigenvalue weighted by molar-refractivity contribution is 5.77. The molecule has 10 nitrogen and oxygen atoms in total. The molecule has 1 fully saturated rings. The Hall–Kier alpha value is -3.71. The lowest BCUT2D eigenvalue weighted by atomic mass is 10.2. The Morgan fingerprint density at radius 3 is 2.84 bits per heavy atom. The average molecular weight is 417 g/mol. The van der Waals surface area contributed by atoms with E-state index < -0.39 is 0 Å². The molecule has 1 aliphatic rings. The smallest absolute Gasteiger partial charge is 0.293 e. The second kappa shape index (κ2) is 7.85. The summed E-state index contributed by atoms with van der Waals surface area (Å²) in [5.41, 5.74) is 3.62. The molecule has 0 saturated carbocycles. The van der Waals surface area contributed by atoms with Crippen molar-refractivity contribution < 1.29 is 0 Å². The van der Waals surface area contributed by atoms with E-state index in [0.29, 0.717) is 24.1 Å². The van der Waals surface area contributed by atoms with E-state index in [1.165, 1.54) is 4.68 Å². The molecule has 3 aromatic heterocycles. The van der Waals surface area contributed by atoms with Gasteiger partial charge in [0.2, 0.25) is 5.95 Å². The Kier molecular flexibility index (Phi) is 4.88. The predicted molar refractivity (Wildman–Crippen MR) is 118 cm³/mol. The average Bonchev–Trinajstić information content (AvgIpc) is 3.35. The molecule has 10 heteroatoms. The third-order valence-corrected chi connectivity index (χ3v) is 5.55. The van der Waals surface area contributed by atoms with Crippen molar-refractivity contribution in [2.24, 2.45) is 7.05 Å². The van der Waals surface area contributed by atoms with Crippen molar-refractivity contribution in [3.63, 3.8) is 0 Å². The van der Waals surface area contributed by atoms with Crippen molar-refractivity contribution in [2.75, 3.05) is 31.1 Å². The van der Waals surface area contributed by atoms with E-state index in [1.54, 1.807) is 17.8 Å². The fraction of sp³-hybridized carbons (Fsp3) is 0.381. The van der Waals surface area contributed by atoms with Crippen LogP contribution in [-0.4, -0.2) is 60.5 Å². The minimum Gasteiger partial charge on any atom is -0.340 e. The summed E-state index contributed by atoms with van der Waals surface area (Å²) >= 11 is 0. The van der Waals surface area contributed by atoms with E-state index in [4.69, 9.17) is 4.98 Å². The maximum absolute atomic E-state index is 13.4. The normalized spacial score (nSPS) is 14.2. The first-order valence-electron chi connectivity index (χ1n) is 10.3. The molecule has 0 aliphatic carbocycles. The van der Waals surface area contributed by atoms with Gasteiger partial charge in [-0.15, -0.1) is 11.0 Å². The van der Waals surface area contributed by atoms with Crippen LogP contribution < -0.4 is 15.8 Å². The maximum atomic E-state index is 13.4. The van der Waals surface area contributed by atoms with Crippen LogP contribution in [0.1, 0.15) is 12.5 Å². The van der Waals surface area contributed by atoms with E-state index >= 15 is 0 Å².